The molecule has 0 amide bonds. The quantitative estimate of drug-likeness (QED) is 0.273. The summed E-state index contributed by atoms with van der Waals surface area (Å²) >= 11 is 2.30. The van der Waals surface area contributed by atoms with Gasteiger partial charge in [0.25, 0.3) is 0 Å². The van der Waals surface area contributed by atoms with Gasteiger partial charge in [0.15, 0.2) is 23.1 Å². The summed E-state index contributed by atoms with van der Waals surface area (Å²) in [5, 5.41) is 0. The predicted octanol–water partition coefficient (Wildman–Crippen LogP) is 6.95. The highest BCUT2D eigenvalue weighted by atomic mass is 127. The average Bonchev–Trinajstić information content (AvgIpc) is 2.93. The molecule has 0 radical (unpaired) electrons. The summed E-state index contributed by atoms with van der Waals surface area (Å²) in [6.45, 7) is 8.26. The summed E-state index contributed by atoms with van der Waals surface area (Å²) in [5.41, 5.74) is 8.18. The van der Waals surface area contributed by atoms with Crippen LogP contribution in [0.5, 0.6) is 11.5 Å². The first-order valence-corrected chi connectivity index (χ1v) is 15.4. The molecule has 0 N–H and O–H groups in total. The second-order valence-corrected chi connectivity index (χ2v) is 12.0. The molecule has 0 saturated carbocycles. The monoisotopic (exact) mass is 655 g/mol. The van der Waals surface area contributed by atoms with E-state index in [2.05, 4.69) is 65.6 Å². The van der Waals surface area contributed by atoms with Gasteiger partial charge in [-0.1, -0.05) is 18.2 Å². The van der Waals surface area contributed by atoms with Gasteiger partial charge in [-0.2, -0.15) is 0 Å². The van der Waals surface area contributed by atoms with Crippen molar-refractivity contribution in [3.05, 3.63) is 78.7 Å². The predicted molar refractivity (Wildman–Crippen MR) is 164 cm³/mol. The van der Waals surface area contributed by atoms with Crippen molar-refractivity contribution in [1.82, 2.24) is 4.90 Å². The summed E-state index contributed by atoms with van der Waals surface area (Å²) in [6.07, 6.45) is 4.35. The number of halogens is 1. The van der Waals surface area contributed by atoms with Crippen LogP contribution in [0.4, 0.5) is 0 Å². The van der Waals surface area contributed by atoms with Gasteiger partial charge in [-0.3, -0.25) is 9.59 Å². The zero-order chi connectivity index (χ0) is 28.4. The van der Waals surface area contributed by atoms with Crippen LogP contribution in [0.15, 0.2) is 52.9 Å². The SMILES string of the molecule is CCOc1cc(C2C3=C(CCCC3=O)N(CCOC)C3=C2C(=O)CCC3)cc(I)c1OCc1ccc(C)c(C)c1. The number of methoxy groups -OCH3 is 1. The van der Waals surface area contributed by atoms with Crippen LogP contribution in [0.1, 0.15) is 73.6 Å². The number of ether oxygens (including phenoxy) is 3. The number of hydrogen-bond acceptors (Lipinski definition) is 6. The smallest absolute Gasteiger partial charge is 0.174 e. The molecule has 5 rings (SSSR count). The van der Waals surface area contributed by atoms with Gasteiger partial charge in [-0.25, -0.2) is 0 Å². The van der Waals surface area contributed by atoms with E-state index in [1.54, 1.807) is 7.11 Å². The number of carbonyl (C=O) groups excluding carboxylic acids is 2. The van der Waals surface area contributed by atoms with Crippen LogP contribution >= 0.6 is 22.6 Å². The van der Waals surface area contributed by atoms with E-state index < -0.39 is 0 Å². The van der Waals surface area contributed by atoms with Gasteiger partial charge >= 0.3 is 0 Å². The summed E-state index contributed by atoms with van der Waals surface area (Å²) in [4.78, 5) is 29.4. The van der Waals surface area contributed by atoms with Crippen molar-refractivity contribution >= 4 is 34.2 Å². The molecule has 2 aliphatic carbocycles. The van der Waals surface area contributed by atoms with Gasteiger partial charge in [0.1, 0.15) is 6.61 Å². The molecular formula is C33H38INO5. The van der Waals surface area contributed by atoms with Crippen LogP contribution in [0, 0.1) is 17.4 Å². The molecule has 6 nitrogen and oxygen atoms in total. The number of allylic oxidation sites excluding steroid dienone is 4. The van der Waals surface area contributed by atoms with Crippen molar-refractivity contribution < 1.29 is 23.8 Å². The van der Waals surface area contributed by atoms with Crippen molar-refractivity contribution in [3.8, 4) is 11.5 Å². The third kappa shape index (κ3) is 5.59. The number of nitrogens with zero attached hydrogens (tertiary/aromatic N) is 1. The molecule has 0 aromatic heterocycles. The Morgan fingerprint density at radius 2 is 1.57 bits per heavy atom. The van der Waals surface area contributed by atoms with Crippen molar-refractivity contribution in [2.75, 3.05) is 26.9 Å². The first-order chi connectivity index (χ1) is 19.3. The maximum Gasteiger partial charge on any atom is 0.174 e. The van der Waals surface area contributed by atoms with E-state index in [1.807, 2.05) is 13.0 Å². The average molecular weight is 656 g/mol. The molecule has 40 heavy (non-hydrogen) atoms. The minimum atomic E-state index is -0.383. The van der Waals surface area contributed by atoms with Crippen molar-refractivity contribution in [2.24, 2.45) is 0 Å². The molecule has 0 spiro atoms. The molecule has 212 valence electrons. The van der Waals surface area contributed by atoms with Gasteiger partial charge in [0.05, 0.1) is 16.8 Å². The largest absolute Gasteiger partial charge is 0.490 e. The van der Waals surface area contributed by atoms with E-state index in [1.165, 1.54) is 11.1 Å². The number of Topliss-reactive ketones (excluding diaryl/α,β-unsaturated/α-hetero) is 2. The number of ketones is 2. The fraction of sp³-hybridized carbons (Fsp3) is 0.455. The summed E-state index contributed by atoms with van der Waals surface area (Å²) in [7, 11) is 1.69. The Labute approximate surface area is 250 Å². The van der Waals surface area contributed by atoms with Gasteiger partial charge < -0.3 is 19.1 Å². The fourth-order valence-corrected chi connectivity index (χ4v) is 6.99. The zero-order valence-corrected chi connectivity index (χ0v) is 26.1. The lowest BCUT2D eigenvalue weighted by Gasteiger charge is -2.44. The van der Waals surface area contributed by atoms with Crippen molar-refractivity contribution in [3.63, 3.8) is 0 Å². The van der Waals surface area contributed by atoms with Crippen LogP contribution in [0.25, 0.3) is 0 Å². The Bertz CT molecular complexity index is 1350. The van der Waals surface area contributed by atoms with Crippen molar-refractivity contribution in [1.29, 1.82) is 0 Å². The summed E-state index contributed by atoms with van der Waals surface area (Å²) in [5.74, 6) is 1.23. The lowest BCUT2D eigenvalue weighted by Crippen LogP contribution is -2.40. The molecule has 2 aromatic carbocycles. The van der Waals surface area contributed by atoms with Gasteiger partial charge in [-0.05, 0) is 103 Å². The third-order valence-corrected chi connectivity index (χ3v) is 9.03. The zero-order valence-electron chi connectivity index (χ0n) is 23.9. The number of aryl methyl sites for hydroxylation is 2. The standard InChI is InChI=1S/C33H38INO5/c1-5-39-29-18-23(17-24(34)33(29)40-19-22-13-12-20(2)21(3)16-22)30-31-25(8-6-10-27(31)36)35(14-15-38-4)26-9-7-11-28(37)32(26)30/h12-13,16-18,30H,5-11,14-15,19H2,1-4H3. The second-order valence-electron chi connectivity index (χ2n) is 10.8. The van der Waals surface area contributed by atoms with Crippen LogP contribution in [0.2, 0.25) is 0 Å². The Morgan fingerprint density at radius 3 is 2.17 bits per heavy atom. The second kappa shape index (κ2) is 12.5. The van der Waals surface area contributed by atoms with E-state index in [0.29, 0.717) is 50.7 Å². The Hall–Kier alpha value is -2.65. The minimum absolute atomic E-state index is 0.140. The Balaban J connectivity index is 1.59. The lowest BCUT2D eigenvalue weighted by atomic mass is 9.71. The minimum Gasteiger partial charge on any atom is -0.490 e. The Morgan fingerprint density at radius 1 is 0.900 bits per heavy atom. The van der Waals surface area contributed by atoms with Crippen LogP contribution in [-0.4, -0.2) is 43.3 Å². The normalized spacial score (nSPS) is 17.8. The summed E-state index contributed by atoms with van der Waals surface area (Å²) in [6, 6.07) is 10.4. The maximum absolute atomic E-state index is 13.6. The highest BCUT2D eigenvalue weighted by Gasteiger charge is 2.43. The number of rotatable bonds is 9. The van der Waals surface area contributed by atoms with E-state index in [0.717, 1.165) is 62.9 Å². The number of benzene rings is 2. The highest BCUT2D eigenvalue weighted by Crippen LogP contribution is 2.50. The maximum atomic E-state index is 13.6. The third-order valence-electron chi connectivity index (χ3n) is 8.22. The summed E-state index contributed by atoms with van der Waals surface area (Å²) < 4.78 is 18.8. The highest BCUT2D eigenvalue weighted by molar-refractivity contribution is 14.1. The number of carbonyl (C=O) groups is 2. The molecule has 1 heterocycles. The molecule has 1 aliphatic heterocycles. The molecule has 3 aliphatic rings. The lowest BCUT2D eigenvalue weighted by molar-refractivity contribution is -0.117. The first-order valence-electron chi connectivity index (χ1n) is 14.3. The first kappa shape index (κ1) is 28.9. The van der Waals surface area contributed by atoms with Crippen LogP contribution < -0.4 is 9.47 Å². The fourth-order valence-electron chi connectivity index (χ4n) is 6.21. The molecule has 2 aromatic rings. The van der Waals surface area contributed by atoms with Crippen molar-refractivity contribution in [2.45, 2.75) is 71.8 Å². The topological polar surface area (TPSA) is 65.1 Å². The van der Waals surface area contributed by atoms with E-state index in [-0.39, 0.29) is 17.5 Å². The molecular weight excluding hydrogens is 617 g/mol. The molecule has 0 bridgehead atoms. The van der Waals surface area contributed by atoms with Gasteiger partial charge in [0.2, 0.25) is 0 Å². The van der Waals surface area contributed by atoms with E-state index in [4.69, 9.17) is 14.2 Å². The molecule has 7 heteroatoms. The number of hydrogen-bond donors (Lipinski definition) is 0. The molecule has 0 atom stereocenters. The molecule has 0 saturated heterocycles. The van der Waals surface area contributed by atoms with Crippen LogP contribution in [-0.2, 0) is 20.9 Å². The van der Waals surface area contributed by atoms with E-state index in [9.17, 15) is 9.59 Å². The van der Waals surface area contributed by atoms with E-state index >= 15 is 0 Å². The van der Waals surface area contributed by atoms with Gasteiger partial charge in [-0.15, -0.1) is 0 Å². The van der Waals surface area contributed by atoms with Crippen LogP contribution in [0.3, 0.4) is 0 Å². The van der Waals surface area contributed by atoms with Gasteiger partial charge in [0, 0.05) is 55.0 Å². The Kier molecular flexibility index (Phi) is 9.00. The molecule has 0 fully saturated rings. The molecule has 0 unspecified atom stereocenters.